The number of thiophene rings is 1. The molecule has 0 radical (unpaired) electrons. The first kappa shape index (κ1) is 14.1. The van der Waals surface area contributed by atoms with Crippen LogP contribution in [0.5, 0.6) is 0 Å². The van der Waals surface area contributed by atoms with Crippen molar-refractivity contribution in [1.82, 2.24) is 0 Å². The third-order valence-electron chi connectivity index (χ3n) is 3.22. The van der Waals surface area contributed by atoms with E-state index in [2.05, 4.69) is 21.2 Å². The Morgan fingerprint density at radius 1 is 1.14 bits per heavy atom. The van der Waals surface area contributed by atoms with E-state index in [-0.39, 0.29) is 0 Å². The number of fused-ring (bicyclic) bond motifs is 1. The van der Waals surface area contributed by atoms with Gasteiger partial charge in [0.1, 0.15) is 0 Å². The Kier molecular flexibility index (Phi) is 3.94. The Hall–Kier alpha value is -1.85. The zero-order valence-corrected chi connectivity index (χ0v) is 13.3. The van der Waals surface area contributed by atoms with Gasteiger partial charge in [0.05, 0.1) is 0 Å². The topological polar surface area (TPSA) is 49.3 Å². The zero-order chi connectivity index (χ0) is 14.8. The standard InChI is InChI=1S/C16H12BrNO2S/c17-10-5-7-11(8-6-10)18-15(16(19)20)13-9-21-14-4-2-1-3-12(13)14/h1-9,15,18H,(H,19,20). The molecule has 0 fully saturated rings. The fourth-order valence-corrected chi connectivity index (χ4v) is 3.46. The van der Waals surface area contributed by atoms with Crippen molar-refractivity contribution >= 4 is 49.0 Å². The lowest BCUT2D eigenvalue weighted by atomic mass is 10.1. The summed E-state index contributed by atoms with van der Waals surface area (Å²) in [5, 5.41) is 15.5. The predicted octanol–water partition coefficient (Wildman–Crippen LogP) is 4.90. The smallest absolute Gasteiger partial charge is 0.330 e. The van der Waals surface area contributed by atoms with Gasteiger partial charge in [-0.05, 0) is 41.1 Å². The highest BCUT2D eigenvalue weighted by Crippen LogP contribution is 2.32. The molecule has 1 heterocycles. The van der Waals surface area contributed by atoms with Gasteiger partial charge in [0.25, 0.3) is 0 Å². The van der Waals surface area contributed by atoms with E-state index in [1.54, 1.807) is 11.3 Å². The van der Waals surface area contributed by atoms with Crippen LogP contribution in [0.25, 0.3) is 10.1 Å². The Bertz CT molecular complexity index is 782. The summed E-state index contributed by atoms with van der Waals surface area (Å²) in [5.41, 5.74) is 1.58. The SMILES string of the molecule is O=C(O)C(Nc1ccc(Br)cc1)c1csc2ccccc12. The van der Waals surface area contributed by atoms with Crippen LogP contribution in [0, 0.1) is 0 Å². The number of anilines is 1. The third-order valence-corrected chi connectivity index (χ3v) is 4.73. The number of carboxylic acid groups (broad SMARTS) is 1. The normalized spacial score (nSPS) is 12.2. The number of hydrogen-bond acceptors (Lipinski definition) is 3. The van der Waals surface area contributed by atoms with Gasteiger partial charge in [-0.3, -0.25) is 0 Å². The molecule has 0 aliphatic carbocycles. The lowest BCUT2D eigenvalue weighted by molar-refractivity contribution is -0.138. The van der Waals surface area contributed by atoms with E-state index in [0.29, 0.717) is 0 Å². The second-order valence-electron chi connectivity index (χ2n) is 4.61. The number of halogens is 1. The van der Waals surface area contributed by atoms with E-state index in [1.165, 1.54) is 0 Å². The van der Waals surface area contributed by atoms with Gasteiger partial charge in [-0.2, -0.15) is 0 Å². The van der Waals surface area contributed by atoms with Crippen LogP contribution in [0.2, 0.25) is 0 Å². The van der Waals surface area contributed by atoms with Crippen LogP contribution in [0.15, 0.2) is 58.4 Å². The summed E-state index contributed by atoms with van der Waals surface area (Å²) < 4.78 is 2.05. The van der Waals surface area contributed by atoms with Crippen molar-refractivity contribution in [2.75, 3.05) is 5.32 Å². The number of carbonyl (C=O) groups is 1. The average Bonchev–Trinajstić information content (AvgIpc) is 2.90. The van der Waals surface area contributed by atoms with Crippen LogP contribution < -0.4 is 5.32 Å². The average molecular weight is 362 g/mol. The summed E-state index contributed by atoms with van der Waals surface area (Å²) in [6, 6.07) is 14.6. The fraction of sp³-hybridized carbons (Fsp3) is 0.0625. The highest BCUT2D eigenvalue weighted by molar-refractivity contribution is 9.10. The second-order valence-corrected chi connectivity index (χ2v) is 6.44. The van der Waals surface area contributed by atoms with Crippen molar-refractivity contribution in [2.24, 2.45) is 0 Å². The molecular formula is C16H12BrNO2S. The van der Waals surface area contributed by atoms with Crippen molar-refractivity contribution in [2.45, 2.75) is 6.04 Å². The number of aliphatic carboxylic acids is 1. The molecule has 0 spiro atoms. The van der Waals surface area contributed by atoms with Crippen molar-refractivity contribution in [3.63, 3.8) is 0 Å². The van der Waals surface area contributed by atoms with Crippen molar-refractivity contribution in [1.29, 1.82) is 0 Å². The minimum Gasteiger partial charge on any atom is -0.479 e. The molecule has 0 amide bonds. The quantitative estimate of drug-likeness (QED) is 0.694. The largest absolute Gasteiger partial charge is 0.479 e. The first-order valence-electron chi connectivity index (χ1n) is 6.36. The molecule has 3 rings (SSSR count). The Morgan fingerprint density at radius 3 is 2.57 bits per heavy atom. The van der Waals surface area contributed by atoms with Crippen LogP contribution in [-0.2, 0) is 4.79 Å². The predicted molar refractivity (Wildman–Crippen MR) is 90.0 cm³/mol. The fourth-order valence-electron chi connectivity index (χ4n) is 2.21. The molecule has 21 heavy (non-hydrogen) atoms. The minimum atomic E-state index is -0.888. The van der Waals surface area contributed by atoms with Crippen LogP contribution >= 0.6 is 27.3 Å². The molecule has 3 nitrogen and oxygen atoms in total. The second kappa shape index (κ2) is 5.87. The Labute approximate surface area is 134 Å². The molecule has 2 aromatic carbocycles. The summed E-state index contributed by atoms with van der Waals surface area (Å²) in [4.78, 5) is 11.6. The summed E-state index contributed by atoms with van der Waals surface area (Å²) in [6.45, 7) is 0. The minimum absolute atomic E-state index is 0.762. The molecule has 2 N–H and O–H groups in total. The highest BCUT2D eigenvalue weighted by Gasteiger charge is 2.22. The van der Waals surface area contributed by atoms with Gasteiger partial charge in [0.15, 0.2) is 6.04 Å². The Balaban J connectivity index is 1.98. The number of benzene rings is 2. The Morgan fingerprint density at radius 2 is 1.86 bits per heavy atom. The first-order chi connectivity index (χ1) is 10.1. The number of carboxylic acids is 1. The highest BCUT2D eigenvalue weighted by atomic mass is 79.9. The summed E-state index contributed by atoms with van der Waals surface area (Å²) in [6.07, 6.45) is 0. The number of rotatable bonds is 4. The molecular weight excluding hydrogens is 350 g/mol. The first-order valence-corrected chi connectivity index (χ1v) is 8.03. The molecule has 0 aliphatic rings. The van der Waals surface area contributed by atoms with Gasteiger partial charge in [-0.1, -0.05) is 34.1 Å². The molecule has 3 aromatic rings. The lowest BCUT2D eigenvalue weighted by Gasteiger charge is -2.15. The van der Waals surface area contributed by atoms with Crippen LogP contribution in [0.1, 0.15) is 11.6 Å². The van der Waals surface area contributed by atoms with Gasteiger partial charge in [-0.25, -0.2) is 4.79 Å². The van der Waals surface area contributed by atoms with Crippen molar-refractivity contribution in [3.05, 3.63) is 63.9 Å². The molecule has 0 saturated heterocycles. The van der Waals surface area contributed by atoms with Gasteiger partial charge < -0.3 is 10.4 Å². The molecule has 0 saturated carbocycles. The van der Waals surface area contributed by atoms with Crippen LogP contribution in [-0.4, -0.2) is 11.1 Å². The van der Waals surface area contributed by atoms with E-state index >= 15 is 0 Å². The molecule has 5 heteroatoms. The van der Waals surface area contributed by atoms with Gasteiger partial charge >= 0.3 is 5.97 Å². The van der Waals surface area contributed by atoms with Crippen molar-refractivity contribution < 1.29 is 9.90 Å². The van der Waals surface area contributed by atoms with E-state index in [9.17, 15) is 9.90 Å². The monoisotopic (exact) mass is 361 g/mol. The molecule has 106 valence electrons. The third kappa shape index (κ3) is 2.94. The number of nitrogens with one attached hydrogen (secondary N) is 1. The maximum atomic E-state index is 11.6. The molecule has 1 unspecified atom stereocenters. The van der Waals surface area contributed by atoms with Crippen LogP contribution in [0.3, 0.4) is 0 Å². The van der Waals surface area contributed by atoms with E-state index in [1.807, 2.05) is 53.9 Å². The maximum absolute atomic E-state index is 11.6. The van der Waals surface area contributed by atoms with Crippen LogP contribution in [0.4, 0.5) is 5.69 Å². The van der Waals surface area contributed by atoms with Gasteiger partial charge in [-0.15, -0.1) is 11.3 Å². The summed E-state index contributed by atoms with van der Waals surface area (Å²) in [5.74, 6) is -0.888. The van der Waals surface area contributed by atoms with Gasteiger partial charge in [0, 0.05) is 20.4 Å². The van der Waals surface area contributed by atoms with Gasteiger partial charge in [0.2, 0.25) is 0 Å². The van der Waals surface area contributed by atoms with E-state index in [4.69, 9.17) is 0 Å². The van der Waals surface area contributed by atoms with E-state index < -0.39 is 12.0 Å². The summed E-state index contributed by atoms with van der Waals surface area (Å²) >= 11 is 4.93. The number of hydrogen-bond donors (Lipinski definition) is 2. The zero-order valence-electron chi connectivity index (χ0n) is 10.9. The maximum Gasteiger partial charge on any atom is 0.330 e. The molecule has 1 aromatic heterocycles. The molecule has 0 aliphatic heterocycles. The molecule has 0 bridgehead atoms. The summed E-state index contributed by atoms with van der Waals surface area (Å²) in [7, 11) is 0. The van der Waals surface area contributed by atoms with Crippen molar-refractivity contribution in [3.8, 4) is 0 Å². The van der Waals surface area contributed by atoms with E-state index in [0.717, 1.165) is 25.8 Å². The molecule has 1 atom stereocenters. The lowest BCUT2D eigenvalue weighted by Crippen LogP contribution is -2.20.